The summed E-state index contributed by atoms with van der Waals surface area (Å²) in [6.07, 6.45) is 4.38. The first kappa shape index (κ1) is 30.6. The van der Waals surface area contributed by atoms with Gasteiger partial charge < -0.3 is 10.2 Å². The van der Waals surface area contributed by atoms with E-state index in [9.17, 15) is 18.0 Å². The van der Waals surface area contributed by atoms with Gasteiger partial charge in [0.2, 0.25) is 11.8 Å². The number of hydrogen-bond donors (Lipinski definition) is 1. The van der Waals surface area contributed by atoms with E-state index >= 15 is 0 Å². The maximum Gasteiger partial charge on any atom is 0.264 e. The number of sulfonamides is 1. The minimum absolute atomic E-state index is 0.0678. The molecule has 1 aliphatic rings. The highest BCUT2D eigenvalue weighted by atomic mass is 35.5. The minimum atomic E-state index is -4.13. The second-order valence-corrected chi connectivity index (χ2v) is 13.0. The van der Waals surface area contributed by atoms with Crippen molar-refractivity contribution in [3.63, 3.8) is 0 Å². The van der Waals surface area contributed by atoms with E-state index in [0.29, 0.717) is 22.7 Å². The van der Waals surface area contributed by atoms with Crippen LogP contribution in [0.1, 0.15) is 55.7 Å². The molecule has 1 N–H and O–H groups in total. The van der Waals surface area contributed by atoms with Gasteiger partial charge in [-0.25, -0.2) is 8.42 Å². The SMILES string of the molecule is CC[C@H](C(=O)NC1CCCC1)N(Cc1ccc(C)cc1)C(=O)CN(c1ccc(Cl)cc1C)S(=O)(=O)c1ccccc1. The van der Waals surface area contributed by atoms with Crippen molar-refractivity contribution in [2.24, 2.45) is 0 Å². The van der Waals surface area contributed by atoms with Crippen LogP contribution in [0.25, 0.3) is 0 Å². The Morgan fingerprint density at radius 1 is 0.976 bits per heavy atom. The largest absolute Gasteiger partial charge is 0.352 e. The third-order valence-corrected chi connectivity index (χ3v) is 9.61. The fraction of sp³-hybridized carbons (Fsp3) is 0.375. The second kappa shape index (κ2) is 13.5. The fourth-order valence-electron chi connectivity index (χ4n) is 5.31. The summed E-state index contributed by atoms with van der Waals surface area (Å²) in [5.41, 5.74) is 2.90. The van der Waals surface area contributed by atoms with Crippen LogP contribution in [0.5, 0.6) is 0 Å². The summed E-state index contributed by atoms with van der Waals surface area (Å²) < 4.78 is 29.1. The molecular weight excluding hydrogens is 558 g/mol. The van der Waals surface area contributed by atoms with Crippen LogP contribution in [0.3, 0.4) is 0 Å². The van der Waals surface area contributed by atoms with E-state index in [1.54, 1.807) is 43.3 Å². The average Bonchev–Trinajstić information content (AvgIpc) is 3.46. The highest BCUT2D eigenvalue weighted by molar-refractivity contribution is 7.92. The summed E-state index contributed by atoms with van der Waals surface area (Å²) in [6, 6.07) is 20.0. The van der Waals surface area contributed by atoms with Crippen molar-refractivity contribution in [3.8, 4) is 0 Å². The van der Waals surface area contributed by atoms with Crippen molar-refractivity contribution in [2.45, 2.75) is 76.4 Å². The van der Waals surface area contributed by atoms with Crippen LogP contribution in [-0.2, 0) is 26.2 Å². The van der Waals surface area contributed by atoms with Crippen molar-refractivity contribution in [2.75, 3.05) is 10.8 Å². The second-order valence-electron chi connectivity index (χ2n) is 10.7. The number of nitrogens with one attached hydrogen (secondary N) is 1. The summed E-state index contributed by atoms with van der Waals surface area (Å²) >= 11 is 6.19. The molecule has 1 saturated carbocycles. The fourth-order valence-corrected chi connectivity index (χ4v) is 7.04. The van der Waals surface area contributed by atoms with Crippen LogP contribution < -0.4 is 9.62 Å². The summed E-state index contributed by atoms with van der Waals surface area (Å²) in [4.78, 5) is 29.3. The molecular formula is C32H38ClN3O4S. The molecule has 1 fully saturated rings. The van der Waals surface area contributed by atoms with Crippen molar-refractivity contribution < 1.29 is 18.0 Å². The topological polar surface area (TPSA) is 86.8 Å². The lowest BCUT2D eigenvalue weighted by molar-refractivity contribution is -0.140. The van der Waals surface area contributed by atoms with Crippen LogP contribution in [0.2, 0.25) is 5.02 Å². The maximum atomic E-state index is 14.2. The molecule has 7 nitrogen and oxygen atoms in total. The maximum absolute atomic E-state index is 14.2. The van der Waals surface area contributed by atoms with Crippen LogP contribution in [0, 0.1) is 13.8 Å². The van der Waals surface area contributed by atoms with E-state index < -0.39 is 28.5 Å². The molecule has 41 heavy (non-hydrogen) atoms. The normalized spacial score (nSPS) is 14.4. The smallest absolute Gasteiger partial charge is 0.264 e. The molecule has 4 rings (SSSR count). The van der Waals surface area contributed by atoms with Gasteiger partial charge in [-0.2, -0.15) is 0 Å². The zero-order valence-corrected chi connectivity index (χ0v) is 25.4. The number of nitrogens with zero attached hydrogens (tertiary/aromatic N) is 2. The van der Waals surface area contributed by atoms with Crippen LogP contribution in [-0.4, -0.2) is 43.8 Å². The third kappa shape index (κ3) is 7.49. The molecule has 0 saturated heterocycles. The quantitative estimate of drug-likeness (QED) is 0.294. The first-order valence-electron chi connectivity index (χ1n) is 14.1. The Labute approximate surface area is 248 Å². The molecule has 0 aromatic heterocycles. The van der Waals surface area contributed by atoms with Gasteiger partial charge in [0.15, 0.2) is 0 Å². The summed E-state index contributed by atoms with van der Waals surface area (Å²) in [5.74, 6) is -0.673. The van der Waals surface area contributed by atoms with E-state index in [4.69, 9.17) is 11.6 Å². The average molecular weight is 596 g/mol. The summed E-state index contributed by atoms with van der Waals surface area (Å²) in [5, 5.41) is 3.60. The van der Waals surface area contributed by atoms with E-state index in [0.717, 1.165) is 41.1 Å². The Kier molecular flexibility index (Phi) is 10.1. The first-order chi connectivity index (χ1) is 19.6. The van der Waals surface area contributed by atoms with Gasteiger partial charge in [-0.05, 0) is 74.6 Å². The number of halogens is 1. The predicted molar refractivity (Wildman–Crippen MR) is 163 cm³/mol. The first-order valence-corrected chi connectivity index (χ1v) is 15.9. The molecule has 3 aromatic carbocycles. The molecule has 0 heterocycles. The molecule has 9 heteroatoms. The number of carbonyl (C=O) groups excluding carboxylic acids is 2. The minimum Gasteiger partial charge on any atom is -0.352 e. The number of rotatable bonds is 11. The molecule has 218 valence electrons. The zero-order chi connectivity index (χ0) is 29.6. The lowest BCUT2D eigenvalue weighted by Crippen LogP contribution is -2.53. The van der Waals surface area contributed by atoms with Crippen LogP contribution in [0.4, 0.5) is 5.69 Å². The number of carbonyl (C=O) groups is 2. The third-order valence-electron chi connectivity index (χ3n) is 7.60. The van der Waals surface area contributed by atoms with E-state index in [2.05, 4.69) is 5.32 Å². The Morgan fingerprint density at radius 3 is 2.24 bits per heavy atom. The van der Waals surface area contributed by atoms with Gasteiger partial charge in [0.1, 0.15) is 12.6 Å². The number of hydrogen-bond acceptors (Lipinski definition) is 4. The molecule has 0 bridgehead atoms. The van der Waals surface area contributed by atoms with Crippen LogP contribution >= 0.6 is 11.6 Å². The zero-order valence-electron chi connectivity index (χ0n) is 23.8. The van der Waals surface area contributed by atoms with Gasteiger partial charge in [-0.3, -0.25) is 13.9 Å². The Balaban J connectivity index is 1.72. The summed E-state index contributed by atoms with van der Waals surface area (Å²) in [7, 11) is -4.13. The lowest BCUT2D eigenvalue weighted by atomic mass is 10.1. The molecule has 0 unspecified atom stereocenters. The van der Waals surface area contributed by atoms with Crippen molar-refractivity contribution in [1.29, 1.82) is 0 Å². The van der Waals surface area contributed by atoms with Gasteiger partial charge in [-0.15, -0.1) is 0 Å². The highest BCUT2D eigenvalue weighted by Gasteiger charge is 2.35. The van der Waals surface area contributed by atoms with E-state index in [1.807, 2.05) is 38.1 Å². The molecule has 0 spiro atoms. The van der Waals surface area contributed by atoms with Crippen molar-refractivity contribution in [3.05, 3.63) is 94.5 Å². The van der Waals surface area contributed by atoms with Crippen molar-refractivity contribution in [1.82, 2.24) is 10.2 Å². The van der Waals surface area contributed by atoms with Gasteiger partial charge in [0.25, 0.3) is 10.0 Å². The molecule has 2 amide bonds. The van der Waals surface area contributed by atoms with Gasteiger partial charge in [0, 0.05) is 17.6 Å². The standard InChI is InChI=1S/C32H38ClN3O4S/c1-4-29(32(38)34-27-10-8-9-11-27)35(21-25-16-14-23(2)15-17-25)31(37)22-36(30-19-18-26(33)20-24(30)3)41(39,40)28-12-6-5-7-13-28/h5-7,12-20,27,29H,4,8-11,21-22H2,1-3H3,(H,34,38)/t29-/m1/s1. The van der Waals surface area contributed by atoms with E-state index in [-0.39, 0.29) is 23.4 Å². The Hall–Kier alpha value is -3.36. The molecule has 1 atom stereocenters. The monoisotopic (exact) mass is 595 g/mol. The van der Waals surface area contributed by atoms with Crippen LogP contribution in [0.15, 0.2) is 77.7 Å². The number of anilines is 1. The Bertz CT molecular complexity index is 1460. The number of benzene rings is 3. The molecule has 0 aliphatic heterocycles. The van der Waals surface area contributed by atoms with Crippen molar-refractivity contribution >= 4 is 39.1 Å². The van der Waals surface area contributed by atoms with Gasteiger partial charge >= 0.3 is 0 Å². The lowest BCUT2D eigenvalue weighted by Gasteiger charge is -2.34. The van der Waals surface area contributed by atoms with E-state index in [1.165, 1.54) is 17.0 Å². The molecule has 1 aliphatic carbocycles. The van der Waals surface area contributed by atoms with Gasteiger partial charge in [0.05, 0.1) is 10.6 Å². The predicted octanol–water partition coefficient (Wildman–Crippen LogP) is 6.02. The number of aryl methyl sites for hydroxylation is 2. The number of amides is 2. The highest BCUT2D eigenvalue weighted by Crippen LogP contribution is 2.29. The molecule has 0 radical (unpaired) electrons. The van der Waals surface area contributed by atoms with Gasteiger partial charge in [-0.1, -0.05) is 79.4 Å². The summed E-state index contributed by atoms with van der Waals surface area (Å²) in [6.45, 7) is 5.31. The Morgan fingerprint density at radius 2 is 1.63 bits per heavy atom. The molecule has 3 aromatic rings.